The fourth-order valence-electron chi connectivity index (χ4n) is 2.61. The van der Waals surface area contributed by atoms with Crippen molar-refractivity contribution in [3.05, 3.63) is 35.9 Å². The van der Waals surface area contributed by atoms with E-state index in [4.69, 9.17) is 4.74 Å². The van der Waals surface area contributed by atoms with Gasteiger partial charge in [-0.15, -0.1) is 0 Å². The molecule has 0 bridgehead atoms. The van der Waals surface area contributed by atoms with Crippen LogP contribution in [-0.2, 0) is 16.1 Å². The second-order valence-electron chi connectivity index (χ2n) is 6.61. The van der Waals surface area contributed by atoms with Gasteiger partial charge in [0.2, 0.25) is 5.91 Å². The quantitative estimate of drug-likeness (QED) is 0.831. The highest BCUT2D eigenvalue weighted by atomic mass is 16.5. The molecule has 1 heterocycles. The first-order valence-electron chi connectivity index (χ1n) is 8.38. The zero-order valence-corrected chi connectivity index (χ0v) is 14.5. The van der Waals surface area contributed by atoms with Crippen molar-refractivity contribution in [2.75, 3.05) is 13.1 Å². The molecule has 1 aliphatic rings. The second-order valence-corrected chi connectivity index (χ2v) is 6.61. The van der Waals surface area contributed by atoms with Crippen LogP contribution < -0.4 is 16.0 Å². The number of carbonyl (C=O) groups excluding carboxylic acids is 2. The molecule has 1 aromatic rings. The first-order valence-corrected chi connectivity index (χ1v) is 8.38. The van der Waals surface area contributed by atoms with Crippen LogP contribution >= 0.6 is 0 Å². The smallest absolute Gasteiger partial charge is 0.408 e. The summed E-state index contributed by atoms with van der Waals surface area (Å²) >= 11 is 0. The minimum Gasteiger partial charge on any atom is -0.445 e. The SMILES string of the molecule is CC(C)C(NC(=O)OCc1ccccc1)C(=O)NC1C[N]CC1C. The molecule has 3 atom stereocenters. The number of benzene rings is 1. The molecule has 2 amide bonds. The Bertz CT molecular complexity index is 548. The summed E-state index contributed by atoms with van der Waals surface area (Å²) in [7, 11) is 0. The van der Waals surface area contributed by atoms with Crippen LogP contribution in [0.5, 0.6) is 0 Å². The van der Waals surface area contributed by atoms with Gasteiger partial charge in [-0.3, -0.25) is 4.79 Å². The van der Waals surface area contributed by atoms with Crippen molar-refractivity contribution < 1.29 is 14.3 Å². The molecular weight excluding hydrogens is 306 g/mol. The van der Waals surface area contributed by atoms with E-state index >= 15 is 0 Å². The van der Waals surface area contributed by atoms with Gasteiger partial charge < -0.3 is 15.4 Å². The molecule has 6 heteroatoms. The van der Waals surface area contributed by atoms with E-state index in [1.807, 2.05) is 44.2 Å². The fraction of sp³-hybridized carbons (Fsp3) is 0.556. The molecule has 6 nitrogen and oxygen atoms in total. The van der Waals surface area contributed by atoms with E-state index in [0.717, 1.165) is 12.1 Å². The lowest BCUT2D eigenvalue weighted by atomic mass is 10.0. The summed E-state index contributed by atoms with van der Waals surface area (Å²) in [4.78, 5) is 24.5. The predicted molar refractivity (Wildman–Crippen MR) is 91.4 cm³/mol. The topological polar surface area (TPSA) is 81.5 Å². The van der Waals surface area contributed by atoms with Crippen LogP contribution in [-0.4, -0.2) is 37.2 Å². The first kappa shape index (κ1) is 18.3. The van der Waals surface area contributed by atoms with E-state index in [0.29, 0.717) is 12.5 Å². The molecule has 3 unspecified atom stereocenters. The monoisotopic (exact) mass is 332 g/mol. The largest absolute Gasteiger partial charge is 0.445 e. The standard InChI is InChI=1S/C18H26N3O3/c1-12(2)16(17(22)20-15-10-19-9-13(15)3)21-18(23)24-11-14-7-5-4-6-8-14/h4-8,12-13,15-16H,9-11H2,1-3H3,(H,20,22)(H,21,23). The van der Waals surface area contributed by atoms with Gasteiger partial charge in [0.1, 0.15) is 12.6 Å². The Labute approximate surface area is 143 Å². The van der Waals surface area contributed by atoms with Gasteiger partial charge in [0.25, 0.3) is 0 Å². The third-order valence-corrected chi connectivity index (χ3v) is 4.19. The molecule has 0 aromatic heterocycles. The molecule has 1 radical (unpaired) electrons. The third kappa shape index (κ3) is 5.23. The highest BCUT2D eigenvalue weighted by Gasteiger charge is 2.30. The molecule has 2 rings (SSSR count). The molecule has 131 valence electrons. The number of nitrogens with one attached hydrogen (secondary N) is 2. The van der Waals surface area contributed by atoms with Crippen molar-refractivity contribution >= 4 is 12.0 Å². The van der Waals surface area contributed by atoms with Crippen molar-refractivity contribution in [3.63, 3.8) is 0 Å². The van der Waals surface area contributed by atoms with Gasteiger partial charge in [-0.1, -0.05) is 51.1 Å². The van der Waals surface area contributed by atoms with E-state index in [1.54, 1.807) is 0 Å². The van der Waals surface area contributed by atoms with Gasteiger partial charge in [0, 0.05) is 19.1 Å². The van der Waals surface area contributed by atoms with Crippen LogP contribution in [0.25, 0.3) is 0 Å². The summed E-state index contributed by atoms with van der Waals surface area (Å²) in [6, 6.07) is 8.85. The first-order chi connectivity index (χ1) is 11.5. The maximum absolute atomic E-state index is 12.5. The molecule has 24 heavy (non-hydrogen) atoms. The number of amides is 2. The van der Waals surface area contributed by atoms with Crippen molar-refractivity contribution in [2.24, 2.45) is 11.8 Å². The van der Waals surface area contributed by atoms with E-state index in [9.17, 15) is 9.59 Å². The molecular formula is C18H26N3O3. The Morgan fingerprint density at radius 1 is 1.25 bits per heavy atom. The van der Waals surface area contributed by atoms with Crippen molar-refractivity contribution in [1.29, 1.82) is 0 Å². The summed E-state index contributed by atoms with van der Waals surface area (Å²) < 4.78 is 5.20. The minimum atomic E-state index is -0.624. The van der Waals surface area contributed by atoms with Gasteiger partial charge >= 0.3 is 6.09 Å². The molecule has 1 aliphatic heterocycles. The molecule has 0 saturated carbocycles. The normalized spacial score (nSPS) is 21.3. The predicted octanol–water partition coefficient (Wildman–Crippen LogP) is 1.68. The van der Waals surface area contributed by atoms with Crippen molar-refractivity contribution in [3.8, 4) is 0 Å². The summed E-state index contributed by atoms with van der Waals surface area (Å²) in [5.74, 6) is 0.102. The molecule has 2 N–H and O–H groups in total. The lowest BCUT2D eigenvalue weighted by Crippen LogP contribution is -2.53. The average molecular weight is 332 g/mol. The lowest BCUT2D eigenvalue weighted by Gasteiger charge is -2.24. The fourth-order valence-corrected chi connectivity index (χ4v) is 2.61. The Hall–Kier alpha value is -2.08. The van der Waals surface area contributed by atoms with Gasteiger partial charge in [-0.25, -0.2) is 10.1 Å². The average Bonchev–Trinajstić information content (AvgIpc) is 2.96. The Balaban J connectivity index is 1.85. The number of carbonyl (C=O) groups is 2. The number of nitrogens with zero attached hydrogens (tertiary/aromatic N) is 1. The van der Waals surface area contributed by atoms with Crippen LogP contribution in [0.1, 0.15) is 26.3 Å². The van der Waals surface area contributed by atoms with Crippen LogP contribution in [0.4, 0.5) is 4.79 Å². The van der Waals surface area contributed by atoms with Gasteiger partial charge in [0.15, 0.2) is 0 Å². The number of hydrogen-bond donors (Lipinski definition) is 2. The van der Waals surface area contributed by atoms with E-state index < -0.39 is 12.1 Å². The van der Waals surface area contributed by atoms with Crippen molar-refractivity contribution in [1.82, 2.24) is 16.0 Å². The summed E-state index contributed by atoms with van der Waals surface area (Å²) in [6.07, 6.45) is -0.586. The van der Waals surface area contributed by atoms with Gasteiger partial charge in [0.05, 0.1) is 0 Å². The van der Waals surface area contributed by atoms with E-state index in [-0.39, 0.29) is 24.5 Å². The van der Waals surface area contributed by atoms with E-state index in [1.165, 1.54) is 0 Å². The maximum Gasteiger partial charge on any atom is 0.408 e. The third-order valence-electron chi connectivity index (χ3n) is 4.19. The van der Waals surface area contributed by atoms with Crippen LogP contribution in [0, 0.1) is 11.8 Å². The van der Waals surface area contributed by atoms with Crippen LogP contribution in [0.3, 0.4) is 0 Å². The van der Waals surface area contributed by atoms with Crippen LogP contribution in [0.15, 0.2) is 30.3 Å². The van der Waals surface area contributed by atoms with Gasteiger partial charge in [-0.05, 0) is 17.4 Å². The number of hydrogen-bond acceptors (Lipinski definition) is 3. The summed E-state index contributed by atoms with van der Waals surface area (Å²) in [5, 5.41) is 9.96. The van der Waals surface area contributed by atoms with Crippen molar-refractivity contribution in [2.45, 2.75) is 39.5 Å². The highest BCUT2D eigenvalue weighted by Crippen LogP contribution is 2.11. The number of ether oxygens (including phenoxy) is 1. The lowest BCUT2D eigenvalue weighted by molar-refractivity contribution is -0.124. The number of alkyl carbamates (subject to hydrolysis) is 1. The number of rotatable bonds is 6. The summed E-state index contributed by atoms with van der Waals surface area (Å²) in [6.45, 7) is 7.43. The van der Waals surface area contributed by atoms with E-state index in [2.05, 4.69) is 22.9 Å². The Morgan fingerprint density at radius 2 is 1.96 bits per heavy atom. The Morgan fingerprint density at radius 3 is 2.54 bits per heavy atom. The summed E-state index contributed by atoms with van der Waals surface area (Å²) in [5.41, 5.74) is 0.902. The molecule has 0 aliphatic carbocycles. The second kappa shape index (κ2) is 8.68. The zero-order valence-electron chi connectivity index (χ0n) is 14.5. The molecule has 1 saturated heterocycles. The highest BCUT2D eigenvalue weighted by molar-refractivity contribution is 5.86. The molecule has 0 spiro atoms. The maximum atomic E-state index is 12.5. The Kier molecular flexibility index (Phi) is 6.61. The zero-order chi connectivity index (χ0) is 17.5. The molecule has 1 aromatic carbocycles. The van der Waals surface area contributed by atoms with Crippen LogP contribution in [0.2, 0.25) is 0 Å². The molecule has 1 fully saturated rings. The van der Waals surface area contributed by atoms with Gasteiger partial charge in [-0.2, -0.15) is 0 Å². The minimum absolute atomic E-state index is 0.0390.